The van der Waals surface area contributed by atoms with Gasteiger partial charge < -0.3 is 4.74 Å². The van der Waals surface area contributed by atoms with Crippen molar-refractivity contribution < 1.29 is 19.1 Å². The van der Waals surface area contributed by atoms with Crippen molar-refractivity contribution in [2.24, 2.45) is 0 Å². The molecule has 0 aromatic rings. The van der Waals surface area contributed by atoms with Crippen LogP contribution in [0, 0.1) is 0 Å². The summed E-state index contributed by atoms with van der Waals surface area (Å²) in [6, 6.07) is 0. The summed E-state index contributed by atoms with van der Waals surface area (Å²) in [5.74, 6) is -0.486. The molecule has 2 fully saturated rings. The lowest BCUT2D eigenvalue weighted by molar-refractivity contribution is -0.151. The average molecular weight is 283 g/mol. The molecule has 0 radical (unpaired) electrons. The van der Waals surface area contributed by atoms with Crippen LogP contribution in [0.5, 0.6) is 0 Å². The fraction of sp³-hybridized carbons (Fsp3) is 0.800. The Morgan fingerprint density at radius 2 is 1.75 bits per heavy atom. The van der Waals surface area contributed by atoms with E-state index >= 15 is 0 Å². The molecule has 0 N–H and O–H groups in total. The Morgan fingerprint density at radius 1 is 1.20 bits per heavy atom. The number of Topliss-reactive ketones (excluding diaryl/α,β-unsaturated/α-hetero) is 1. The Kier molecular flexibility index (Phi) is 4.95. The summed E-state index contributed by atoms with van der Waals surface area (Å²) in [6.45, 7) is 9.29. The zero-order chi connectivity index (χ0) is 15.6. The molecular weight excluding hydrogens is 258 g/mol. The molecule has 2 amide bonds. The summed E-state index contributed by atoms with van der Waals surface area (Å²) in [6.07, 6.45) is 1.87. The summed E-state index contributed by atoms with van der Waals surface area (Å²) in [4.78, 5) is 36.8. The second-order valence-corrected chi connectivity index (χ2v) is 6.18. The number of carbonyl (C=O) groups is 3. The molecular formula is C15H25NO4. The third kappa shape index (κ3) is 3.38. The van der Waals surface area contributed by atoms with Crippen molar-refractivity contribution in [2.45, 2.75) is 77.9 Å². The minimum Gasteiger partial charge on any atom is -0.443 e. The molecule has 0 atom stereocenters. The topological polar surface area (TPSA) is 63.7 Å². The van der Waals surface area contributed by atoms with Gasteiger partial charge in [-0.2, -0.15) is 0 Å². The second-order valence-electron chi connectivity index (χ2n) is 6.18. The van der Waals surface area contributed by atoms with E-state index in [-0.39, 0.29) is 18.6 Å². The van der Waals surface area contributed by atoms with Crippen LogP contribution in [0.2, 0.25) is 0 Å². The molecule has 2 aliphatic rings. The first kappa shape index (κ1) is 16.7. The fourth-order valence-electron chi connectivity index (χ4n) is 2.61. The molecule has 2 rings (SSSR count). The standard InChI is InChI=1S/C13H19NO4.C2H6/c1-12(2,3)18-11(17)14-10(16)7-9(15)8-13(14)5-4-6-13;1-2/h4-8H2,1-3H3;1-2H3. The first-order valence-electron chi connectivity index (χ1n) is 7.31. The predicted molar refractivity (Wildman–Crippen MR) is 75.3 cm³/mol. The summed E-state index contributed by atoms with van der Waals surface area (Å²) < 4.78 is 5.27. The van der Waals surface area contributed by atoms with Crippen LogP contribution in [0.4, 0.5) is 4.79 Å². The summed E-state index contributed by atoms with van der Waals surface area (Å²) in [7, 11) is 0. The van der Waals surface area contributed by atoms with Gasteiger partial charge >= 0.3 is 6.09 Å². The van der Waals surface area contributed by atoms with E-state index < -0.39 is 23.1 Å². The first-order valence-corrected chi connectivity index (χ1v) is 7.31. The van der Waals surface area contributed by atoms with Gasteiger partial charge in [0.1, 0.15) is 11.4 Å². The van der Waals surface area contributed by atoms with E-state index in [1.807, 2.05) is 13.8 Å². The van der Waals surface area contributed by atoms with E-state index in [2.05, 4.69) is 0 Å². The highest BCUT2D eigenvalue weighted by atomic mass is 16.6. The Bertz CT molecular complexity index is 405. The molecule has 0 bridgehead atoms. The van der Waals surface area contributed by atoms with Gasteiger partial charge in [-0.1, -0.05) is 13.8 Å². The van der Waals surface area contributed by atoms with Crippen LogP contribution < -0.4 is 0 Å². The number of ketones is 1. The van der Waals surface area contributed by atoms with Gasteiger partial charge in [0.25, 0.3) is 0 Å². The smallest absolute Gasteiger partial charge is 0.417 e. The zero-order valence-corrected chi connectivity index (χ0v) is 13.1. The number of amides is 2. The molecule has 0 unspecified atom stereocenters. The normalized spacial score (nSPS) is 20.9. The number of carbonyl (C=O) groups excluding carboxylic acids is 3. The van der Waals surface area contributed by atoms with Gasteiger partial charge in [-0.05, 0) is 40.0 Å². The quantitative estimate of drug-likeness (QED) is 0.641. The van der Waals surface area contributed by atoms with Crippen molar-refractivity contribution in [3.8, 4) is 0 Å². The summed E-state index contributed by atoms with van der Waals surface area (Å²) >= 11 is 0. The van der Waals surface area contributed by atoms with Crippen LogP contribution in [0.1, 0.15) is 66.7 Å². The number of imide groups is 1. The van der Waals surface area contributed by atoms with Crippen LogP contribution in [0.15, 0.2) is 0 Å². The SMILES string of the molecule is CC.CC(C)(C)OC(=O)N1C(=O)CC(=O)CC12CCC2. The monoisotopic (exact) mass is 283 g/mol. The minimum absolute atomic E-state index is 0.0699. The van der Waals surface area contributed by atoms with Gasteiger partial charge in [0.15, 0.2) is 0 Å². The molecule has 1 heterocycles. The maximum atomic E-state index is 12.1. The molecule has 114 valence electrons. The number of likely N-dealkylation sites (tertiary alicyclic amines) is 1. The van der Waals surface area contributed by atoms with Crippen LogP contribution >= 0.6 is 0 Å². The van der Waals surface area contributed by atoms with Crippen molar-refractivity contribution in [1.29, 1.82) is 0 Å². The number of hydrogen-bond donors (Lipinski definition) is 0. The summed E-state index contributed by atoms with van der Waals surface area (Å²) in [5.41, 5.74) is -1.22. The highest BCUT2D eigenvalue weighted by Crippen LogP contribution is 2.44. The Hall–Kier alpha value is -1.39. The molecule has 1 aliphatic heterocycles. The molecule has 0 aromatic carbocycles. The first-order chi connectivity index (χ1) is 9.23. The molecule has 1 saturated heterocycles. The number of nitrogens with zero attached hydrogens (tertiary/aromatic N) is 1. The largest absolute Gasteiger partial charge is 0.443 e. The van der Waals surface area contributed by atoms with E-state index in [4.69, 9.17) is 4.74 Å². The molecule has 0 aromatic heterocycles. The highest BCUT2D eigenvalue weighted by Gasteiger charge is 2.53. The van der Waals surface area contributed by atoms with E-state index in [0.717, 1.165) is 6.42 Å². The minimum atomic E-state index is -0.635. The van der Waals surface area contributed by atoms with E-state index in [1.54, 1.807) is 20.8 Å². The van der Waals surface area contributed by atoms with Crippen molar-refractivity contribution in [3.63, 3.8) is 0 Å². The van der Waals surface area contributed by atoms with E-state index in [0.29, 0.717) is 12.8 Å². The highest BCUT2D eigenvalue weighted by molar-refractivity contribution is 6.07. The number of rotatable bonds is 0. The molecule has 20 heavy (non-hydrogen) atoms. The van der Waals surface area contributed by atoms with Crippen LogP contribution in [-0.2, 0) is 14.3 Å². The van der Waals surface area contributed by atoms with Gasteiger partial charge in [-0.15, -0.1) is 0 Å². The van der Waals surface area contributed by atoms with Gasteiger partial charge in [-0.3, -0.25) is 9.59 Å². The third-order valence-corrected chi connectivity index (χ3v) is 3.46. The average Bonchev–Trinajstić information content (AvgIpc) is 2.25. The maximum Gasteiger partial charge on any atom is 0.417 e. The summed E-state index contributed by atoms with van der Waals surface area (Å²) in [5, 5.41) is 0. The fourth-order valence-corrected chi connectivity index (χ4v) is 2.61. The van der Waals surface area contributed by atoms with E-state index in [1.165, 1.54) is 4.90 Å². The lowest BCUT2D eigenvalue weighted by atomic mass is 9.70. The van der Waals surface area contributed by atoms with Crippen molar-refractivity contribution >= 4 is 17.8 Å². The Balaban J connectivity index is 0.000000956. The van der Waals surface area contributed by atoms with Crippen molar-refractivity contribution in [1.82, 2.24) is 4.90 Å². The Morgan fingerprint density at radius 3 is 2.15 bits per heavy atom. The number of hydrogen-bond acceptors (Lipinski definition) is 4. The van der Waals surface area contributed by atoms with Gasteiger partial charge in [-0.25, -0.2) is 9.69 Å². The van der Waals surface area contributed by atoms with Crippen LogP contribution in [0.3, 0.4) is 0 Å². The molecule has 1 spiro atoms. The molecule has 1 aliphatic carbocycles. The number of piperidine rings is 1. The van der Waals surface area contributed by atoms with E-state index in [9.17, 15) is 14.4 Å². The van der Waals surface area contributed by atoms with Gasteiger partial charge in [0.05, 0.1) is 12.0 Å². The maximum absolute atomic E-state index is 12.1. The van der Waals surface area contributed by atoms with Crippen molar-refractivity contribution in [2.75, 3.05) is 0 Å². The Labute approximate surface area is 120 Å². The third-order valence-electron chi connectivity index (χ3n) is 3.46. The zero-order valence-electron chi connectivity index (χ0n) is 13.1. The van der Waals surface area contributed by atoms with Crippen LogP contribution in [-0.4, -0.2) is 33.8 Å². The number of ether oxygens (including phenoxy) is 1. The lowest BCUT2D eigenvalue weighted by Crippen LogP contribution is -2.63. The second kappa shape index (κ2) is 5.94. The van der Waals surface area contributed by atoms with Crippen molar-refractivity contribution in [3.05, 3.63) is 0 Å². The van der Waals surface area contributed by atoms with Gasteiger partial charge in [0.2, 0.25) is 5.91 Å². The molecule has 5 nitrogen and oxygen atoms in total. The van der Waals surface area contributed by atoms with Crippen LogP contribution in [0.25, 0.3) is 0 Å². The molecule has 1 saturated carbocycles. The molecule has 5 heteroatoms. The van der Waals surface area contributed by atoms with Gasteiger partial charge in [0, 0.05) is 6.42 Å². The lowest BCUT2D eigenvalue weighted by Gasteiger charge is -2.50. The predicted octanol–water partition coefficient (Wildman–Crippen LogP) is 3.06.